The fourth-order valence-electron chi connectivity index (χ4n) is 1.53. The van der Waals surface area contributed by atoms with Crippen LogP contribution < -0.4 is 0 Å². The lowest BCUT2D eigenvalue weighted by molar-refractivity contribution is -0.136. The summed E-state index contributed by atoms with van der Waals surface area (Å²) >= 11 is 0. The molecule has 2 N–H and O–H groups in total. The minimum absolute atomic E-state index is 0.0974. The Morgan fingerprint density at radius 1 is 1.41 bits per heavy atom. The number of nitrogens with zero attached hydrogens (tertiary/aromatic N) is 1. The fourth-order valence-corrected chi connectivity index (χ4v) is 1.53. The molecule has 2 rings (SSSR count). The van der Waals surface area contributed by atoms with Crippen molar-refractivity contribution in [3.8, 4) is 11.3 Å². The molecule has 0 amide bonds. The van der Waals surface area contributed by atoms with Crippen molar-refractivity contribution in [3.63, 3.8) is 0 Å². The van der Waals surface area contributed by atoms with E-state index in [1.165, 1.54) is 12.3 Å². The Kier molecular flexibility index (Phi) is 2.86. The number of aliphatic carboxylic acids is 1. The van der Waals surface area contributed by atoms with Gasteiger partial charge in [0.1, 0.15) is 11.6 Å². The van der Waals surface area contributed by atoms with Crippen LogP contribution in [0.5, 0.6) is 0 Å². The van der Waals surface area contributed by atoms with Crippen molar-refractivity contribution < 1.29 is 18.7 Å². The summed E-state index contributed by atoms with van der Waals surface area (Å²) in [5.74, 6) is -2.50. The Balaban J connectivity index is 2.46. The molecule has 17 heavy (non-hydrogen) atoms. The van der Waals surface area contributed by atoms with Gasteiger partial charge in [-0.15, -0.1) is 0 Å². The Hall–Kier alpha value is -2.24. The molecule has 1 aromatic carbocycles. The summed E-state index contributed by atoms with van der Waals surface area (Å²) in [7, 11) is 0. The van der Waals surface area contributed by atoms with Crippen molar-refractivity contribution >= 4 is 5.97 Å². The third-order valence-electron chi connectivity index (χ3n) is 2.26. The molecule has 0 fully saturated rings. The monoisotopic (exact) mass is 238 g/mol. The van der Waals surface area contributed by atoms with Gasteiger partial charge >= 0.3 is 5.97 Å². The van der Waals surface area contributed by atoms with Crippen LogP contribution >= 0.6 is 0 Å². The number of carboxylic acid groups (broad SMARTS) is 1. The highest BCUT2D eigenvalue weighted by molar-refractivity contribution is 5.74. The number of carboxylic acids is 1. The van der Waals surface area contributed by atoms with Crippen molar-refractivity contribution in [2.45, 2.75) is 6.42 Å². The Morgan fingerprint density at radius 3 is 2.82 bits per heavy atom. The normalized spacial score (nSPS) is 10.5. The average molecular weight is 238 g/mol. The van der Waals surface area contributed by atoms with Gasteiger partial charge in [0.25, 0.3) is 0 Å². The van der Waals surface area contributed by atoms with E-state index >= 15 is 0 Å². The summed E-state index contributed by atoms with van der Waals surface area (Å²) < 4.78 is 26.2. The number of halogens is 2. The lowest BCUT2D eigenvalue weighted by Crippen LogP contribution is -2.01. The largest absolute Gasteiger partial charge is 0.481 e. The van der Waals surface area contributed by atoms with Gasteiger partial charge < -0.3 is 5.11 Å². The molecule has 88 valence electrons. The second-order valence-corrected chi connectivity index (χ2v) is 3.46. The maximum Gasteiger partial charge on any atom is 0.307 e. The summed E-state index contributed by atoms with van der Waals surface area (Å²) in [6.45, 7) is 0. The Bertz CT molecular complexity index is 566. The molecule has 0 radical (unpaired) electrons. The SMILES string of the molecule is O=C(O)Cc1cn[nH]c1-c1ccc(F)cc1F. The molecule has 1 aromatic heterocycles. The first kappa shape index (κ1) is 11.3. The average Bonchev–Trinajstić information content (AvgIpc) is 2.65. The van der Waals surface area contributed by atoms with Crippen LogP contribution in [0.15, 0.2) is 24.4 Å². The highest BCUT2D eigenvalue weighted by Gasteiger charge is 2.14. The zero-order chi connectivity index (χ0) is 12.4. The van der Waals surface area contributed by atoms with Gasteiger partial charge in [-0.05, 0) is 12.1 Å². The van der Waals surface area contributed by atoms with Crippen LogP contribution in [-0.2, 0) is 11.2 Å². The molecule has 6 heteroatoms. The van der Waals surface area contributed by atoms with Gasteiger partial charge in [0.2, 0.25) is 0 Å². The summed E-state index contributed by atoms with van der Waals surface area (Å²) in [5.41, 5.74) is 0.702. The summed E-state index contributed by atoms with van der Waals surface area (Å²) in [6, 6.07) is 3.08. The lowest BCUT2D eigenvalue weighted by atomic mass is 10.1. The topological polar surface area (TPSA) is 66.0 Å². The molecular formula is C11H8F2N2O2. The van der Waals surface area contributed by atoms with Gasteiger partial charge in [0, 0.05) is 17.2 Å². The van der Waals surface area contributed by atoms with Crippen molar-refractivity contribution in [2.24, 2.45) is 0 Å². The number of hydrogen-bond acceptors (Lipinski definition) is 2. The molecule has 2 aromatic rings. The zero-order valence-electron chi connectivity index (χ0n) is 8.58. The maximum absolute atomic E-state index is 13.5. The number of carbonyl (C=O) groups is 1. The Labute approximate surface area is 94.9 Å². The number of benzene rings is 1. The highest BCUT2D eigenvalue weighted by atomic mass is 19.1. The van der Waals surface area contributed by atoms with E-state index < -0.39 is 17.6 Å². The molecule has 0 atom stereocenters. The fraction of sp³-hybridized carbons (Fsp3) is 0.0909. The molecule has 0 unspecified atom stereocenters. The first-order chi connectivity index (χ1) is 8.08. The van der Waals surface area contributed by atoms with Crippen molar-refractivity contribution in [3.05, 3.63) is 41.6 Å². The predicted molar refractivity (Wildman–Crippen MR) is 55.3 cm³/mol. The second kappa shape index (κ2) is 4.32. The van der Waals surface area contributed by atoms with Crippen LogP contribution in [0, 0.1) is 11.6 Å². The molecule has 0 aliphatic carbocycles. The summed E-state index contributed by atoms with van der Waals surface area (Å²) in [4.78, 5) is 10.6. The molecule has 0 saturated heterocycles. The van der Waals surface area contributed by atoms with Crippen LogP contribution in [0.2, 0.25) is 0 Å². The quantitative estimate of drug-likeness (QED) is 0.859. The van der Waals surface area contributed by atoms with E-state index in [-0.39, 0.29) is 17.7 Å². The smallest absolute Gasteiger partial charge is 0.307 e. The van der Waals surface area contributed by atoms with Crippen LogP contribution in [-0.4, -0.2) is 21.3 Å². The number of rotatable bonds is 3. The van der Waals surface area contributed by atoms with Crippen molar-refractivity contribution in [1.29, 1.82) is 0 Å². The van der Waals surface area contributed by atoms with Crippen molar-refractivity contribution in [2.75, 3.05) is 0 Å². The van der Waals surface area contributed by atoms with E-state index in [1.54, 1.807) is 0 Å². The van der Waals surface area contributed by atoms with Crippen LogP contribution in [0.4, 0.5) is 8.78 Å². The van der Waals surface area contributed by atoms with Gasteiger partial charge in [0.15, 0.2) is 0 Å². The van der Waals surface area contributed by atoms with E-state index in [4.69, 9.17) is 5.11 Å². The predicted octanol–water partition coefficient (Wildman–Crippen LogP) is 1.98. The summed E-state index contributed by atoms with van der Waals surface area (Å²) in [6.07, 6.45) is 1.04. The first-order valence-corrected chi connectivity index (χ1v) is 4.77. The molecular weight excluding hydrogens is 230 g/mol. The number of aromatic nitrogens is 2. The molecule has 0 spiro atoms. The third-order valence-corrected chi connectivity index (χ3v) is 2.26. The van der Waals surface area contributed by atoms with Gasteiger partial charge in [-0.1, -0.05) is 0 Å². The number of H-pyrrole nitrogens is 1. The van der Waals surface area contributed by atoms with E-state index in [1.807, 2.05) is 0 Å². The van der Waals surface area contributed by atoms with E-state index in [2.05, 4.69) is 10.2 Å². The molecule has 0 aliphatic heterocycles. The van der Waals surface area contributed by atoms with Crippen LogP contribution in [0.25, 0.3) is 11.3 Å². The molecule has 0 bridgehead atoms. The zero-order valence-corrected chi connectivity index (χ0v) is 8.58. The van der Waals surface area contributed by atoms with Gasteiger partial charge in [-0.25, -0.2) is 8.78 Å². The van der Waals surface area contributed by atoms with E-state index in [0.29, 0.717) is 5.56 Å². The van der Waals surface area contributed by atoms with Gasteiger partial charge in [0.05, 0.1) is 18.3 Å². The lowest BCUT2D eigenvalue weighted by Gasteiger charge is -2.03. The number of aromatic amines is 1. The second-order valence-electron chi connectivity index (χ2n) is 3.46. The first-order valence-electron chi connectivity index (χ1n) is 4.77. The van der Waals surface area contributed by atoms with E-state index in [0.717, 1.165) is 12.1 Å². The van der Waals surface area contributed by atoms with E-state index in [9.17, 15) is 13.6 Å². The van der Waals surface area contributed by atoms with Gasteiger partial charge in [-0.2, -0.15) is 5.10 Å². The molecule has 1 heterocycles. The number of nitrogens with one attached hydrogen (secondary N) is 1. The summed E-state index contributed by atoms with van der Waals surface area (Å²) in [5, 5.41) is 14.9. The Morgan fingerprint density at radius 2 is 2.18 bits per heavy atom. The maximum atomic E-state index is 13.5. The molecule has 0 saturated carbocycles. The standard InChI is InChI=1S/C11H8F2N2O2/c12-7-1-2-8(9(13)4-7)11-6(3-10(16)17)5-14-15-11/h1-2,4-5H,3H2,(H,14,15)(H,16,17). The minimum atomic E-state index is -1.05. The molecule has 0 aliphatic rings. The minimum Gasteiger partial charge on any atom is -0.481 e. The van der Waals surface area contributed by atoms with Crippen LogP contribution in [0.3, 0.4) is 0 Å². The highest BCUT2D eigenvalue weighted by Crippen LogP contribution is 2.24. The van der Waals surface area contributed by atoms with Crippen LogP contribution in [0.1, 0.15) is 5.56 Å². The van der Waals surface area contributed by atoms with Gasteiger partial charge in [-0.3, -0.25) is 9.89 Å². The number of hydrogen-bond donors (Lipinski definition) is 2. The third kappa shape index (κ3) is 2.30. The van der Waals surface area contributed by atoms with Crippen molar-refractivity contribution in [1.82, 2.24) is 10.2 Å². The molecule has 4 nitrogen and oxygen atoms in total.